The van der Waals surface area contributed by atoms with Gasteiger partial charge in [-0.15, -0.1) is 17.0 Å². The molecule has 4 heteroatoms. The summed E-state index contributed by atoms with van der Waals surface area (Å²) in [6, 6.07) is 12.0. The normalized spacial score (nSPS) is 10.0. The molecule has 0 fully saturated rings. The number of imidazole rings is 1. The van der Waals surface area contributed by atoms with E-state index >= 15 is 0 Å². The van der Waals surface area contributed by atoms with Gasteiger partial charge in [-0.25, -0.2) is 9.97 Å². The van der Waals surface area contributed by atoms with E-state index in [-0.39, 0.29) is 17.0 Å². The van der Waals surface area contributed by atoms with Crippen LogP contribution in [0.4, 0.5) is 0 Å². The van der Waals surface area contributed by atoms with E-state index in [2.05, 4.69) is 9.97 Å². The van der Waals surface area contributed by atoms with Crippen molar-refractivity contribution in [1.82, 2.24) is 14.4 Å². The van der Waals surface area contributed by atoms with Gasteiger partial charge in [-0.2, -0.15) is 0 Å². The predicted octanol–water partition coefficient (Wildman–Crippen LogP) is 2.97. The minimum atomic E-state index is 0. The lowest BCUT2D eigenvalue weighted by Gasteiger charge is -1.92. The van der Waals surface area contributed by atoms with Gasteiger partial charge in [-0.1, -0.05) is 30.3 Å². The Kier molecular flexibility index (Phi) is 3.01. The Morgan fingerprint density at radius 2 is 1.81 bits per heavy atom. The summed E-state index contributed by atoms with van der Waals surface area (Å²) in [5.74, 6) is 0.733. The van der Waals surface area contributed by atoms with E-state index in [9.17, 15) is 0 Å². The molecular weight excluding hydrogens is 266 g/mol. The molecular formula is C12H10BrN3. The first-order valence-corrected chi connectivity index (χ1v) is 4.79. The van der Waals surface area contributed by atoms with Gasteiger partial charge >= 0.3 is 0 Å². The number of hydrogen-bond donors (Lipinski definition) is 0. The molecule has 0 spiro atoms. The van der Waals surface area contributed by atoms with Crippen LogP contribution in [-0.2, 0) is 0 Å². The second-order valence-corrected chi connectivity index (χ2v) is 3.32. The molecule has 0 amide bonds. The molecule has 0 atom stereocenters. The smallest absolute Gasteiger partial charge is 0.234 e. The highest BCUT2D eigenvalue weighted by molar-refractivity contribution is 8.93. The van der Waals surface area contributed by atoms with Gasteiger partial charge in [0.05, 0.1) is 5.69 Å². The summed E-state index contributed by atoms with van der Waals surface area (Å²) in [6.45, 7) is 0. The lowest BCUT2D eigenvalue weighted by Crippen LogP contribution is -1.82. The fraction of sp³-hybridized carbons (Fsp3) is 0. The highest BCUT2D eigenvalue weighted by Gasteiger charge is 2.02. The number of aromatic nitrogens is 3. The van der Waals surface area contributed by atoms with Crippen molar-refractivity contribution in [3.05, 3.63) is 55.0 Å². The van der Waals surface area contributed by atoms with Crippen LogP contribution in [-0.4, -0.2) is 14.4 Å². The predicted molar refractivity (Wildman–Crippen MR) is 68.7 cm³/mol. The van der Waals surface area contributed by atoms with Crippen LogP contribution in [0.1, 0.15) is 0 Å². The molecule has 0 bridgehead atoms. The maximum absolute atomic E-state index is 4.43. The molecule has 0 aliphatic carbocycles. The van der Waals surface area contributed by atoms with Crippen molar-refractivity contribution in [2.45, 2.75) is 0 Å². The van der Waals surface area contributed by atoms with E-state index in [0.29, 0.717) is 0 Å². The number of fused-ring (bicyclic) bond motifs is 1. The van der Waals surface area contributed by atoms with Crippen molar-refractivity contribution >= 4 is 22.8 Å². The molecule has 0 saturated carbocycles. The molecule has 2 heterocycles. The van der Waals surface area contributed by atoms with Crippen molar-refractivity contribution in [3.8, 4) is 11.3 Å². The Balaban J connectivity index is 0.000000963. The van der Waals surface area contributed by atoms with E-state index < -0.39 is 0 Å². The molecule has 0 radical (unpaired) electrons. The molecule has 0 unspecified atom stereocenters. The number of nitrogens with zero attached hydrogens (tertiary/aromatic N) is 3. The molecule has 16 heavy (non-hydrogen) atoms. The van der Waals surface area contributed by atoms with Crippen LogP contribution in [0.3, 0.4) is 0 Å². The van der Waals surface area contributed by atoms with E-state index in [4.69, 9.17) is 0 Å². The summed E-state index contributed by atoms with van der Waals surface area (Å²) in [6.07, 6.45) is 5.68. The average Bonchev–Trinajstić information content (AvgIpc) is 2.74. The van der Waals surface area contributed by atoms with Gasteiger partial charge in [0.25, 0.3) is 0 Å². The largest absolute Gasteiger partial charge is 0.291 e. The molecule has 0 aliphatic heterocycles. The molecule has 3 nitrogen and oxygen atoms in total. The fourth-order valence-corrected chi connectivity index (χ4v) is 1.58. The molecule has 80 valence electrons. The number of rotatable bonds is 1. The lowest BCUT2D eigenvalue weighted by atomic mass is 10.2. The summed E-state index contributed by atoms with van der Waals surface area (Å²) in [5, 5.41) is 0. The molecule has 0 aliphatic rings. The van der Waals surface area contributed by atoms with Gasteiger partial charge in [0, 0.05) is 24.2 Å². The Bertz CT molecular complexity index is 556. The second-order valence-electron chi connectivity index (χ2n) is 3.32. The Morgan fingerprint density at radius 3 is 2.56 bits per heavy atom. The third kappa shape index (κ3) is 1.84. The standard InChI is InChI=1S/C12H9N3.BrH/c1-2-5-10(6-3-1)11-9-15-8-4-7-13-12(15)14-11;/h1-9H;1H. The maximum atomic E-state index is 4.43. The van der Waals surface area contributed by atoms with Gasteiger partial charge in [0.15, 0.2) is 0 Å². The number of hydrogen-bond acceptors (Lipinski definition) is 2. The Labute approximate surface area is 104 Å². The van der Waals surface area contributed by atoms with Gasteiger partial charge < -0.3 is 0 Å². The van der Waals surface area contributed by atoms with E-state index in [1.165, 1.54) is 0 Å². The minimum Gasteiger partial charge on any atom is -0.291 e. The van der Waals surface area contributed by atoms with Gasteiger partial charge in [0.2, 0.25) is 5.78 Å². The molecule has 0 N–H and O–H groups in total. The Morgan fingerprint density at radius 1 is 1.00 bits per heavy atom. The highest BCUT2D eigenvalue weighted by Crippen LogP contribution is 2.17. The van der Waals surface area contributed by atoms with Crippen LogP contribution in [0.15, 0.2) is 55.0 Å². The maximum Gasteiger partial charge on any atom is 0.234 e. The van der Waals surface area contributed by atoms with Crippen LogP contribution in [0.5, 0.6) is 0 Å². The van der Waals surface area contributed by atoms with Crippen molar-refractivity contribution in [3.63, 3.8) is 0 Å². The zero-order chi connectivity index (χ0) is 10.1. The molecule has 0 saturated heterocycles. The van der Waals surface area contributed by atoms with E-state index in [0.717, 1.165) is 17.0 Å². The van der Waals surface area contributed by atoms with Crippen molar-refractivity contribution < 1.29 is 0 Å². The van der Waals surface area contributed by atoms with Crippen LogP contribution in [0.2, 0.25) is 0 Å². The average molecular weight is 276 g/mol. The number of halogens is 1. The Hall–Kier alpha value is -1.68. The molecule has 2 aromatic heterocycles. The summed E-state index contributed by atoms with van der Waals surface area (Å²) in [5.41, 5.74) is 2.07. The quantitative estimate of drug-likeness (QED) is 0.684. The van der Waals surface area contributed by atoms with E-state index in [1.807, 2.05) is 53.2 Å². The SMILES string of the molecule is Br.c1ccc(-c2cn3cccnc3n2)cc1. The summed E-state index contributed by atoms with van der Waals surface area (Å²) in [4.78, 5) is 8.61. The monoisotopic (exact) mass is 275 g/mol. The molecule has 3 aromatic rings. The van der Waals surface area contributed by atoms with Gasteiger partial charge in [-0.3, -0.25) is 4.40 Å². The van der Waals surface area contributed by atoms with E-state index in [1.54, 1.807) is 6.20 Å². The third-order valence-electron chi connectivity index (χ3n) is 2.31. The lowest BCUT2D eigenvalue weighted by molar-refractivity contribution is 1.11. The van der Waals surface area contributed by atoms with Gasteiger partial charge in [-0.05, 0) is 6.07 Å². The topological polar surface area (TPSA) is 30.2 Å². The first kappa shape index (κ1) is 10.8. The summed E-state index contributed by atoms with van der Waals surface area (Å²) in [7, 11) is 0. The van der Waals surface area contributed by atoms with Crippen molar-refractivity contribution in [1.29, 1.82) is 0 Å². The van der Waals surface area contributed by atoms with Crippen molar-refractivity contribution in [2.75, 3.05) is 0 Å². The fourth-order valence-electron chi connectivity index (χ4n) is 1.58. The van der Waals surface area contributed by atoms with Crippen LogP contribution < -0.4 is 0 Å². The van der Waals surface area contributed by atoms with Crippen LogP contribution in [0.25, 0.3) is 17.0 Å². The second kappa shape index (κ2) is 4.45. The highest BCUT2D eigenvalue weighted by atomic mass is 79.9. The summed E-state index contributed by atoms with van der Waals surface area (Å²) < 4.78 is 1.92. The zero-order valence-corrected chi connectivity index (χ0v) is 10.2. The van der Waals surface area contributed by atoms with Gasteiger partial charge in [0.1, 0.15) is 0 Å². The summed E-state index contributed by atoms with van der Waals surface area (Å²) >= 11 is 0. The van der Waals surface area contributed by atoms with Crippen molar-refractivity contribution in [2.24, 2.45) is 0 Å². The molecule has 3 rings (SSSR count). The third-order valence-corrected chi connectivity index (χ3v) is 2.31. The van der Waals surface area contributed by atoms with Crippen LogP contribution in [0, 0.1) is 0 Å². The first-order valence-electron chi connectivity index (χ1n) is 4.79. The first-order chi connectivity index (χ1) is 7.43. The minimum absolute atomic E-state index is 0. The molecule has 1 aromatic carbocycles. The van der Waals surface area contributed by atoms with Crippen LogP contribution >= 0.6 is 17.0 Å². The number of benzene rings is 1. The zero-order valence-electron chi connectivity index (χ0n) is 8.45.